The summed E-state index contributed by atoms with van der Waals surface area (Å²) in [5.74, 6) is -0.412. The van der Waals surface area contributed by atoms with E-state index in [1.54, 1.807) is 0 Å². The van der Waals surface area contributed by atoms with Gasteiger partial charge in [-0.1, -0.05) is 0 Å². The highest BCUT2D eigenvalue weighted by molar-refractivity contribution is 5.92. The summed E-state index contributed by atoms with van der Waals surface area (Å²) in [6.07, 6.45) is 0. The molecule has 1 aromatic rings. The molecule has 0 spiro atoms. The number of nitrogens with zero attached hydrogens (tertiary/aromatic N) is 1. The van der Waals surface area contributed by atoms with Gasteiger partial charge in [-0.15, -0.1) is 0 Å². The lowest BCUT2D eigenvalue weighted by molar-refractivity contribution is -0.118. The van der Waals surface area contributed by atoms with Gasteiger partial charge in [0.2, 0.25) is 5.91 Å². The van der Waals surface area contributed by atoms with E-state index in [9.17, 15) is 9.18 Å². The van der Waals surface area contributed by atoms with Gasteiger partial charge in [-0.2, -0.15) is 0 Å². The molecule has 4 nitrogen and oxygen atoms in total. The van der Waals surface area contributed by atoms with Gasteiger partial charge < -0.3 is 11.1 Å². The number of nitrogens with one attached hydrogen (secondary N) is 1. The Morgan fingerprint density at radius 1 is 1.44 bits per heavy atom. The fraction of sp³-hybridized carbons (Fsp3) is 0.364. The maximum absolute atomic E-state index is 12.6. The summed E-state index contributed by atoms with van der Waals surface area (Å²) in [5, 5.41) is 2.69. The molecule has 0 radical (unpaired) electrons. The summed E-state index contributed by atoms with van der Waals surface area (Å²) in [5.41, 5.74) is 6.21. The van der Waals surface area contributed by atoms with Gasteiger partial charge in [-0.3, -0.25) is 9.69 Å². The Hall–Kier alpha value is -1.46. The highest BCUT2D eigenvalue weighted by Gasteiger charge is 2.24. The van der Waals surface area contributed by atoms with E-state index < -0.39 is 0 Å². The van der Waals surface area contributed by atoms with Gasteiger partial charge >= 0.3 is 0 Å². The van der Waals surface area contributed by atoms with E-state index in [2.05, 4.69) is 5.32 Å². The number of nitrogens with two attached hydrogens (primary N) is 1. The fourth-order valence-corrected chi connectivity index (χ4v) is 1.68. The van der Waals surface area contributed by atoms with Crippen molar-refractivity contribution in [3.8, 4) is 0 Å². The van der Waals surface area contributed by atoms with Gasteiger partial charge in [0, 0.05) is 24.8 Å². The zero-order valence-corrected chi connectivity index (χ0v) is 8.82. The van der Waals surface area contributed by atoms with Crippen molar-refractivity contribution in [1.29, 1.82) is 0 Å². The molecule has 0 aromatic heterocycles. The molecule has 1 aliphatic rings. The molecule has 86 valence electrons. The second kappa shape index (κ2) is 4.59. The van der Waals surface area contributed by atoms with Crippen LogP contribution in [0, 0.1) is 5.82 Å². The standard InChI is InChI=1S/C11H14FN3O/c12-8-1-3-10(4-2-8)14-11(16)7-15-5-9(13)6-15/h1-4,9H,5-7,13H2,(H,14,16). The predicted molar refractivity (Wildman–Crippen MR) is 59.4 cm³/mol. The molecule has 0 aliphatic carbocycles. The number of carbonyl (C=O) groups is 1. The molecule has 1 aromatic carbocycles. The van der Waals surface area contributed by atoms with E-state index >= 15 is 0 Å². The largest absolute Gasteiger partial charge is 0.325 e. The summed E-state index contributed by atoms with van der Waals surface area (Å²) in [4.78, 5) is 13.5. The van der Waals surface area contributed by atoms with E-state index in [1.165, 1.54) is 24.3 Å². The molecular formula is C11H14FN3O. The lowest BCUT2D eigenvalue weighted by Gasteiger charge is -2.36. The minimum absolute atomic E-state index is 0.0986. The van der Waals surface area contributed by atoms with Crippen LogP contribution in [0.4, 0.5) is 10.1 Å². The topological polar surface area (TPSA) is 58.4 Å². The third-order valence-corrected chi connectivity index (χ3v) is 2.48. The molecule has 0 saturated carbocycles. The Labute approximate surface area is 93.2 Å². The maximum atomic E-state index is 12.6. The van der Waals surface area contributed by atoms with Gasteiger partial charge in [-0.05, 0) is 24.3 Å². The van der Waals surface area contributed by atoms with Crippen molar-refractivity contribution in [2.45, 2.75) is 6.04 Å². The second-order valence-corrected chi connectivity index (χ2v) is 4.01. The smallest absolute Gasteiger partial charge is 0.238 e. The summed E-state index contributed by atoms with van der Waals surface area (Å²) < 4.78 is 12.6. The number of anilines is 1. The van der Waals surface area contributed by atoms with Crippen LogP contribution in [0.2, 0.25) is 0 Å². The first-order chi connectivity index (χ1) is 7.63. The molecule has 0 atom stereocenters. The minimum atomic E-state index is -0.313. The number of hydrogen-bond acceptors (Lipinski definition) is 3. The van der Waals surface area contributed by atoms with Gasteiger partial charge in [0.1, 0.15) is 5.82 Å². The van der Waals surface area contributed by atoms with Crippen LogP contribution in [0.25, 0.3) is 0 Å². The molecule has 0 bridgehead atoms. The number of rotatable bonds is 3. The maximum Gasteiger partial charge on any atom is 0.238 e. The average molecular weight is 223 g/mol. The van der Waals surface area contributed by atoms with Gasteiger partial charge in [0.05, 0.1) is 6.54 Å². The quantitative estimate of drug-likeness (QED) is 0.780. The first kappa shape index (κ1) is 11.0. The SMILES string of the molecule is NC1CN(CC(=O)Nc2ccc(F)cc2)C1. The van der Waals surface area contributed by atoms with E-state index in [-0.39, 0.29) is 17.8 Å². The summed E-state index contributed by atoms with van der Waals surface area (Å²) in [7, 11) is 0. The normalized spacial score (nSPS) is 16.9. The monoisotopic (exact) mass is 223 g/mol. The van der Waals surface area contributed by atoms with E-state index in [0.717, 1.165) is 13.1 Å². The first-order valence-electron chi connectivity index (χ1n) is 5.17. The van der Waals surface area contributed by atoms with Crippen LogP contribution < -0.4 is 11.1 Å². The number of benzene rings is 1. The Kier molecular flexibility index (Phi) is 3.17. The van der Waals surface area contributed by atoms with Crippen molar-refractivity contribution in [2.75, 3.05) is 25.0 Å². The zero-order valence-electron chi connectivity index (χ0n) is 8.82. The molecule has 3 N–H and O–H groups in total. The molecular weight excluding hydrogens is 209 g/mol. The predicted octanol–water partition coefficient (Wildman–Crippen LogP) is 0.407. The van der Waals surface area contributed by atoms with Crippen LogP contribution in [-0.4, -0.2) is 36.5 Å². The number of likely N-dealkylation sites (tertiary alicyclic amines) is 1. The molecule has 1 aliphatic heterocycles. The Bertz CT molecular complexity index is 373. The lowest BCUT2D eigenvalue weighted by atomic mass is 10.1. The van der Waals surface area contributed by atoms with E-state index in [0.29, 0.717) is 12.2 Å². The Morgan fingerprint density at radius 2 is 2.06 bits per heavy atom. The highest BCUT2D eigenvalue weighted by atomic mass is 19.1. The van der Waals surface area contributed by atoms with Crippen LogP contribution in [0.1, 0.15) is 0 Å². The lowest BCUT2D eigenvalue weighted by Crippen LogP contribution is -2.57. The van der Waals surface area contributed by atoms with Crippen LogP contribution in [0.3, 0.4) is 0 Å². The Balaban J connectivity index is 1.80. The van der Waals surface area contributed by atoms with Crippen LogP contribution in [0.15, 0.2) is 24.3 Å². The van der Waals surface area contributed by atoms with Crippen molar-refractivity contribution < 1.29 is 9.18 Å². The average Bonchev–Trinajstić information content (AvgIpc) is 2.19. The Morgan fingerprint density at radius 3 is 2.62 bits per heavy atom. The molecule has 2 rings (SSSR count). The number of carbonyl (C=O) groups excluding carboxylic acids is 1. The number of hydrogen-bond donors (Lipinski definition) is 2. The molecule has 0 unspecified atom stereocenters. The van der Waals surface area contributed by atoms with E-state index in [1.807, 2.05) is 4.90 Å². The zero-order chi connectivity index (χ0) is 11.5. The minimum Gasteiger partial charge on any atom is -0.325 e. The highest BCUT2D eigenvalue weighted by Crippen LogP contribution is 2.09. The van der Waals surface area contributed by atoms with Gasteiger partial charge in [0.25, 0.3) is 0 Å². The molecule has 1 fully saturated rings. The van der Waals surface area contributed by atoms with Crippen molar-refractivity contribution in [3.05, 3.63) is 30.1 Å². The fourth-order valence-electron chi connectivity index (χ4n) is 1.68. The molecule has 1 heterocycles. The molecule has 16 heavy (non-hydrogen) atoms. The van der Waals surface area contributed by atoms with Crippen molar-refractivity contribution in [2.24, 2.45) is 5.73 Å². The number of amides is 1. The van der Waals surface area contributed by atoms with Gasteiger partial charge in [0.15, 0.2) is 0 Å². The van der Waals surface area contributed by atoms with Crippen LogP contribution in [-0.2, 0) is 4.79 Å². The van der Waals surface area contributed by atoms with Gasteiger partial charge in [-0.25, -0.2) is 4.39 Å². The summed E-state index contributed by atoms with van der Waals surface area (Å²) in [6, 6.07) is 5.90. The summed E-state index contributed by atoms with van der Waals surface area (Å²) >= 11 is 0. The molecule has 1 saturated heterocycles. The molecule has 5 heteroatoms. The van der Waals surface area contributed by atoms with Crippen molar-refractivity contribution in [3.63, 3.8) is 0 Å². The third-order valence-electron chi connectivity index (χ3n) is 2.48. The van der Waals surface area contributed by atoms with Crippen LogP contribution in [0.5, 0.6) is 0 Å². The summed E-state index contributed by atoms with van der Waals surface area (Å²) in [6.45, 7) is 1.86. The second-order valence-electron chi connectivity index (χ2n) is 4.01. The molecule has 1 amide bonds. The third kappa shape index (κ3) is 2.77. The first-order valence-corrected chi connectivity index (χ1v) is 5.17. The van der Waals surface area contributed by atoms with E-state index in [4.69, 9.17) is 5.73 Å². The number of halogens is 1. The van der Waals surface area contributed by atoms with Crippen LogP contribution >= 0.6 is 0 Å². The van der Waals surface area contributed by atoms with Crippen molar-refractivity contribution in [1.82, 2.24) is 4.90 Å². The van der Waals surface area contributed by atoms with Crippen molar-refractivity contribution >= 4 is 11.6 Å².